The van der Waals surface area contributed by atoms with Crippen LogP contribution in [-0.2, 0) is 27.7 Å². The second-order valence-electron chi connectivity index (χ2n) is 7.64. The minimum absolute atomic E-state index is 0.715. The summed E-state index contributed by atoms with van der Waals surface area (Å²) >= 11 is 0. The summed E-state index contributed by atoms with van der Waals surface area (Å²) in [6, 6.07) is 0.925. The third kappa shape index (κ3) is 5.66. The molecule has 3 unspecified atom stereocenters. The van der Waals surface area contributed by atoms with Gasteiger partial charge in [0.05, 0.1) is 13.2 Å². The summed E-state index contributed by atoms with van der Waals surface area (Å²) in [5, 5.41) is 58.7. The minimum atomic E-state index is -5.73. The normalized spacial score (nSPS) is 39.1. The van der Waals surface area contributed by atoms with Crippen molar-refractivity contribution in [1.82, 2.24) is 9.55 Å². The number of aromatic amines is 1. The molecule has 0 saturated carbocycles. The second-order valence-corrected chi connectivity index (χ2v) is 13.1. The maximum Gasteiger partial charge on any atom is 0.440 e. The van der Waals surface area contributed by atoms with Crippen molar-refractivity contribution in [3.8, 4) is 0 Å². The van der Waals surface area contributed by atoms with Gasteiger partial charge in [0.25, 0.3) is 5.56 Å². The molecule has 3 rings (SSSR count). The quantitative estimate of drug-likeness (QED) is 0.137. The molecule has 2 fully saturated rings. The van der Waals surface area contributed by atoms with Gasteiger partial charge in [0, 0.05) is 12.3 Å². The van der Waals surface area contributed by atoms with Crippen molar-refractivity contribution in [2.24, 2.45) is 0 Å². The van der Waals surface area contributed by atoms with Gasteiger partial charge in [-0.2, -0.15) is 0 Å². The third-order valence-corrected chi connectivity index (χ3v) is 9.43. The first kappa shape index (κ1) is 28.2. The first-order valence-electron chi connectivity index (χ1n) is 9.82. The van der Waals surface area contributed by atoms with E-state index in [1.807, 2.05) is 4.98 Å². The number of nitrogens with zero attached hydrogens (tertiary/aromatic N) is 1. The van der Waals surface area contributed by atoms with Gasteiger partial charge in [-0.25, -0.2) is 13.9 Å². The molecule has 35 heavy (non-hydrogen) atoms. The Morgan fingerprint density at radius 1 is 0.914 bits per heavy atom. The number of nitrogens with one attached hydrogen (secondary N) is 1. The number of rotatable bonds is 8. The fraction of sp³-hybridized carbons (Fsp3) is 0.733. The number of ether oxygens (including phenoxy) is 2. The predicted octanol–water partition coefficient (Wildman–Crippen LogP) is -4.73. The molecule has 200 valence electrons. The maximum absolute atomic E-state index is 12.4. The van der Waals surface area contributed by atoms with Crippen LogP contribution in [0, 0.1) is 0 Å². The summed E-state index contributed by atoms with van der Waals surface area (Å²) in [7, 11) is -11.4. The summed E-state index contributed by atoms with van der Waals surface area (Å²) in [6.07, 6.45) is -15.6. The number of hydrogen-bond acceptors (Lipinski definition) is 14. The largest absolute Gasteiger partial charge is 0.440 e. The number of hydrogen-bond donors (Lipinski definition) is 9. The van der Waals surface area contributed by atoms with Crippen molar-refractivity contribution in [2.45, 2.75) is 55.2 Å². The van der Waals surface area contributed by atoms with Crippen LogP contribution in [0.3, 0.4) is 0 Å². The fourth-order valence-corrected chi connectivity index (χ4v) is 5.64. The van der Waals surface area contributed by atoms with Gasteiger partial charge in [0.1, 0.15) is 42.7 Å². The summed E-state index contributed by atoms with van der Waals surface area (Å²) in [6.45, 7) is -1.99. The molecule has 2 aliphatic rings. The fourth-order valence-electron chi connectivity index (χ4n) is 3.32. The summed E-state index contributed by atoms with van der Waals surface area (Å²) < 4.78 is 44.6. The first-order valence-corrected chi connectivity index (χ1v) is 13.7. The lowest BCUT2D eigenvalue weighted by molar-refractivity contribution is -0.278. The van der Waals surface area contributed by atoms with Crippen molar-refractivity contribution in [3.05, 3.63) is 33.1 Å². The monoisotopic (exact) mass is 550 g/mol. The van der Waals surface area contributed by atoms with Crippen molar-refractivity contribution in [3.63, 3.8) is 0 Å². The van der Waals surface area contributed by atoms with Gasteiger partial charge in [-0.1, -0.05) is 0 Å². The molecule has 1 aromatic heterocycles. The van der Waals surface area contributed by atoms with E-state index < -0.39 is 94.3 Å². The van der Waals surface area contributed by atoms with Gasteiger partial charge in [-0.15, -0.1) is 0 Å². The van der Waals surface area contributed by atoms with E-state index in [0.29, 0.717) is 4.57 Å². The van der Waals surface area contributed by atoms with Crippen molar-refractivity contribution in [2.75, 3.05) is 13.2 Å². The topological polar surface area (TPSA) is 288 Å². The summed E-state index contributed by atoms with van der Waals surface area (Å²) in [4.78, 5) is 44.9. The molecule has 0 radical (unpaired) electrons. The molecule has 18 nitrogen and oxygen atoms in total. The SMILES string of the molecule is O=c1ccn([C@@H]2O[C@H](COP(=O)(O)P(=O)(O)OC3O[C@H](CO)[C@H](O)[C@H](O)[C@H]3O)[C@@H](O)[C@H]2O)c(=O)[nH]1. The molecule has 2 saturated heterocycles. The molecule has 9 N–H and O–H groups in total. The van der Waals surface area contributed by atoms with Crippen molar-refractivity contribution >= 4 is 14.6 Å². The van der Waals surface area contributed by atoms with Crippen molar-refractivity contribution in [1.29, 1.82) is 0 Å². The molecule has 0 aliphatic carbocycles. The summed E-state index contributed by atoms with van der Waals surface area (Å²) in [5.74, 6) is 0. The Bertz CT molecular complexity index is 1110. The molecule has 20 heteroatoms. The van der Waals surface area contributed by atoms with Gasteiger partial charge in [-0.05, 0) is 0 Å². The molecule has 1 aromatic rings. The smallest absolute Gasteiger partial charge is 0.394 e. The Morgan fingerprint density at radius 2 is 1.54 bits per heavy atom. The Balaban J connectivity index is 1.68. The van der Waals surface area contributed by atoms with Crippen LogP contribution < -0.4 is 11.2 Å². The first-order chi connectivity index (χ1) is 16.2. The van der Waals surface area contributed by atoms with Crippen LogP contribution in [0.15, 0.2) is 21.9 Å². The zero-order valence-electron chi connectivity index (χ0n) is 17.5. The minimum Gasteiger partial charge on any atom is -0.394 e. The van der Waals surface area contributed by atoms with E-state index in [9.17, 15) is 54.0 Å². The van der Waals surface area contributed by atoms with Gasteiger partial charge >= 0.3 is 20.3 Å². The number of aromatic nitrogens is 2. The number of aliphatic hydroxyl groups excluding tert-OH is 6. The predicted molar refractivity (Wildman–Crippen MR) is 108 cm³/mol. The van der Waals surface area contributed by atoms with E-state index in [0.717, 1.165) is 12.3 Å². The van der Waals surface area contributed by atoms with Crippen LogP contribution in [0.4, 0.5) is 0 Å². The van der Waals surface area contributed by atoms with E-state index in [4.69, 9.17) is 14.6 Å². The van der Waals surface area contributed by atoms with Gasteiger partial charge < -0.3 is 49.9 Å². The molecule has 2 aliphatic heterocycles. The lowest BCUT2D eigenvalue weighted by Gasteiger charge is -2.39. The van der Waals surface area contributed by atoms with Crippen LogP contribution in [-0.4, -0.2) is 112 Å². The van der Waals surface area contributed by atoms with Crippen LogP contribution in [0.5, 0.6) is 0 Å². The second kappa shape index (κ2) is 10.6. The van der Waals surface area contributed by atoms with Gasteiger partial charge in [0.15, 0.2) is 12.5 Å². The summed E-state index contributed by atoms with van der Waals surface area (Å²) in [5.41, 5.74) is -1.76. The lowest BCUT2D eigenvalue weighted by Crippen LogP contribution is -2.58. The van der Waals surface area contributed by atoms with Gasteiger partial charge in [0.2, 0.25) is 0 Å². The molecule has 0 bridgehead atoms. The molecular weight excluding hydrogens is 526 g/mol. The molecule has 0 spiro atoms. The number of aliphatic hydroxyl groups is 6. The standard InChI is InChI=1S/C15H24N2O16P2/c18-3-5-8(20)10(22)12(24)14(32-5)33-35(28,29)34(26,27)30-4-6-9(21)11(23)13(31-6)17-2-1-7(19)16-15(17)25/h1-2,5-6,8-14,18,20-24H,3-4H2,(H,26,27)(H,28,29)(H,16,19,25)/t5-,6-,8+,9-,10+,11-,12-,13-,14?/m1/s1. The van der Waals surface area contributed by atoms with E-state index in [1.54, 1.807) is 0 Å². The van der Waals surface area contributed by atoms with Crippen LogP contribution in [0.25, 0.3) is 0 Å². The highest BCUT2D eigenvalue weighted by molar-refractivity contribution is 8.26. The zero-order valence-corrected chi connectivity index (χ0v) is 19.2. The van der Waals surface area contributed by atoms with Crippen molar-refractivity contribution < 1.29 is 68.1 Å². The van der Waals surface area contributed by atoms with Crippen LogP contribution in [0.2, 0.25) is 0 Å². The molecule has 3 heterocycles. The Morgan fingerprint density at radius 3 is 2.14 bits per heavy atom. The molecule has 0 aromatic carbocycles. The number of H-pyrrole nitrogens is 1. The van der Waals surface area contributed by atoms with E-state index in [1.165, 1.54) is 0 Å². The molecule has 11 atom stereocenters. The van der Waals surface area contributed by atoms with E-state index >= 15 is 0 Å². The Labute approximate surface area is 194 Å². The van der Waals surface area contributed by atoms with Crippen LogP contribution >= 0.6 is 14.6 Å². The van der Waals surface area contributed by atoms with E-state index in [-0.39, 0.29) is 0 Å². The lowest BCUT2D eigenvalue weighted by atomic mass is 10.00. The van der Waals surface area contributed by atoms with Crippen LogP contribution in [0.1, 0.15) is 6.23 Å². The zero-order chi connectivity index (χ0) is 26.3. The third-order valence-electron chi connectivity index (χ3n) is 5.28. The molecular formula is C15H24N2O16P2. The highest BCUT2D eigenvalue weighted by Crippen LogP contribution is 2.78. The highest BCUT2D eigenvalue weighted by Gasteiger charge is 2.54. The average molecular weight is 550 g/mol. The Kier molecular flexibility index (Phi) is 8.52. The van der Waals surface area contributed by atoms with Gasteiger partial charge in [-0.3, -0.25) is 23.4 Å². The maximum atomic E-state index is 12.4. The Hall–Kier alpha value is -1.34. The molecule has 0 amide bonds. The average Bonchev–Trinajstić information content (AvgIpc) is 3.06. The van der Waals surface area contributed by atoms with E-state index in [2.05, 4.69) is 9.05 Å². The highest BCUT2D eigenvalue weighted by atomic mass is 32.1.